The molecule has 0 heterocycles. The first-order valence-corrected chi connectivity index (χ1v) is 12.2. The zero-order valence-corrected chi connectivity index (χ0v) is 19.2. The molecule has 0 radical (unpaired) electrons. The molecular weight excluding hydrogens is 414 g/mol. The highest BCUT2D eigenvalue weighted by Gasteiger charge is 2.29. The monoisotopic (exact) mass is 450 g/mol. The van der Waals surface area contributed by atoms with Gasteiger partial charge in [0.2, 0.25) is 0 Å². The molecule has 32 heavy (non-hydrogen) atoms. The fraction of sp³-hybridized carbons (Fsp3) is 0.692. The van der Waals surface area contributed by atoms with Crippen LogP contribution in [-0.2, 0) is 19.1 Å². The molecule has 178 valence electrons. The third kappa shape index (κ3) is 6.52. The Labute approximate surface area is 190 Å². The Balaban J connectivity index is 1.44. The summed E-state index contributed by atoms with van der Waals surface area (Å²) >= 11 is 0. The van der Waals surface area contributed by atoms with Crippen molar-refractivity contribution in [3.8, 4) is 0 Å². The zero-order chi connectivity index (χ0) is 23.1. The van der Waals surface area contributed by atoms with Crippen LogP contribution in [-0.4, -0.2) is 36.5 Å². The van der Waals surface area contributed by atoms with E-state index in [9.17, 15) is 18.4 Å². The van der Waals surface area contributed by atoms with Crippen LogP contribution in [0.4, 0.5) is 8.78 Å². The number of hydrogen-bond acceptors (Lipinski definition) is 4. The molecule has 0 bridgehead atoms. The maximum absolute atomic E-state index is 13.4. The van der Waals surface area contributed by atoms with E-state index in [1.54, 1.807) is 13.8 Å². The molecule has 0 unspecified atom stereocenters. The van der Waals surface area contributed by atoms with Gasteiger partial charge in [0.1, 0.15) is 12.2 Å². The fourth-order valence-electron chi connectivity index (χ4n) is 4.88. The molecule has 0 N–H and O–H groups in total. The molecule has 2 saturated carbocycles. The predicted molar refractivity (Wildman–Crippen MR) is 119 cm³/mol. The van der Waals surface area contributed by atoms with Crippen LogP contribution in [0.15, 0.2) is 24.3 Å². The normalized spacial score (nSPS) is 27.9. The predicted octanol–water partition coefficient (Wildman–Crippen LogP) is 6.32. The van der Waals surface area contributed by atoms with Crippen molar-refractivity contribution in [2.24, 2.45) is 0 Å². The van der Waals surface area contributed by atoms with Crippen LogP contribution in [0.1, 0.15) is 101 Å². The largest absolute Gasteiger partial charge is 0.460 e. The summed E-state index contributed by atoms with van der Waals surface area (Å²) in [7, 11) is 0. The second-order valence-corrected chi connectivity index (χ2v) is 9.24. The van der Waals surface area contributed by atoms with Crippen LogP contribution in [0.25, 0.3) is 0 Å². The molecule has 0 amide bonds. The quantitative estimate of drug-likeness (QED) is 0.435. The number of alkyl halides is 2. The molecule has 2 aliphatic rings. The summed E-state index contributed by atoms with van der Waals surface area (Å²) in [6.07, 6.45) is 3.78. The summed E-state index contributed by atoms with van der Waals surface area (Å²) < 4.78 is 37.5. The number of benzene rings is 1. The molecule has 0 aromatic heterocycles. The van der Waals surface area contributed by atoms with Gasteiger partial charge in [-0.3, -0.25) is 0 Å². The van der Waals surface area contributed by atoms with Gasteiger partial charge in [-0.15, -0.1) is 0 Å². The third-order valence-corrected chi connectivity index (χ3v) is 7.02. The highest BCUT2D eigenvalue weighted by Crippen LogP contribution is 2.37. The van der Waals surface area contributed by atoms with E-state index < -0.39 is 24.3 Å². The van der Waals surface area contributed by atoms with Crippen molar-refractivity contribution in [1.29, 1.82) is 0 Å². The van der Waals surface area contributed by atoms with Gasteiger partial charge in [-0.25, -0.2) is 18.4 Å². The molecule has 0 aliphatic heterocycles. The van der Waals surface area contributed by atoms with Crippen molar-refractivity contribution in [3.63, 3.8) is 0 Å². The average Bonchev–Trinajstić information content (AvgIpc) is 2.84. The molecule has 2 fully saturated rings. The van der Waals surface area contributed by atoms with E-state index in [0.717, 1.165) is 51.4 Å². The molecular formula is C26H36F2O4. The fourth-order valence-corrected chi connectivity index (χ4v) is 4.88. The first-order valence-electron chi connectivity index (χ1n) is 12.2. The van der Waals surface area contributed by atoms with Gasteiger partial charge in [-0.2, -0.15) is 0 Å². The van der Waals surface area contributed by atoms with Gasteiger partial charge in [0, 0.05) is 0 Å². The molecule has 0 spiro atoms. The van der Waals surface area contributed by atoms with Crippen LogP contribution >= 0.6 is 0 Å². The van der Waals surface area contributed by atoms with Crippen LogP contribution in [0, 0.1) is 0 Å². The summed E-state index contributed by atoms with van der Waals surface area (Å²) in [5, 5.41) is 0. The SMILES string of the molecule is CC[C@@H](F)C(=O)OC1CCC(c2ccc(C3CCC(OC(=O)[C@H](F)CC)CC3)cc2)CC1. The molecule has 2 aliphatic carbocycles. The van der Waals surface area contributed by atoms with Crippen molar-refractivity contribution in [2.45, 2.75) is 114 Å². The Bertz CT molecular complexity index is 672. The topological polar surface area (TPSA) is 52.6 Å². The van der Waals surface area contributed by atoms with Gasteiger partial charge in [0.25, 0.3) is 0 Å². The summed E-state index contributed by atoms with van der Waals surface area (Å²) in [5.74, 6) is -0.568. The minimum absolute atomic E-state index is 0.157. The third-order valence-electron chi connectivity index (χ3n) is 7.02. The molecule has 1 aromatic carbocycles. The summed E-state index contributed by atoms with van der Waals surface area (Å²) in [4.78, 5) is 23.3. The van der Waals surface area contributed by atoms with E-state index in [4.69, 9.17) is 9.47 Å². The number of halogens is 2. The van der Waals surface area contributed by atoms with Crippen molar-refractivity contribution in [1.82, 2.24) is 0 Å². The van der Waals surface area contributed by atoms with Gasteiger partial charge in [-0.1, -0.05) is 38.1 Å². The van der Waals surface area contributed by atoms with E-state index in [1.807, 2.05) is 0 Å². The molecule has 0 saturated heterocycles. The van der Waals surface area contributed by atoms with E-state index in [1.165, 1.54) is 11.1 Å². The lowest BCUT2D eigenvalue weighted by Gasteiger charge is -2.30. The molecule has 6 heteroatoms. The number of ether oxygens (including phenoxy) is 2. The minimum atomic E-state index is -1.51. The Morgan fingerprint density at radius 3 is 1.31 bits per heavy atom. The second kappa shape index (κ2) is 11.8. The Morgan fingerprint density at radius 1 is 0.719 bits per heavy atom. The molecule has 4 nitrogen and oxygen atoms in total. The van der Waals surface area contributed by atoms with Crippen LogP contribution in [0.5, 0.6) is 0 Å². The van der Waals surface area contributed by atoms with Gasteiger partial charge < -0.3 is 9.47 Å². The van der Waals surface area contributed by atoms with Crippen molar-refractivity contribution in [2.75, 3.05) is 0 Å². The van der Waals surface area contributed by atoms with Crippen LogP contribution in [0.2, 0.25) is 0 Å². The van der Waals surface area contributed by atoms with Gasteiger partial charge >= 0.3 is 11.9 Å². The zero-order valence-electron chi connectivity index (χ0n) is 19.2. The van der Waals surface area contributed by atoms with E-state index in [0.29, 0.717) is 11.8 Å². The first kappa shape index (κ1) is 24.7. The second-order valence-electron chi connectivity index (χ2n) is 9.24. The highest BCUT2D eigenvalue weighted by atomic mass is 19.1. The lowest BCUT2D eigenvalue weighted by Crippen LogP contribution is -2.28. The average molecular weight is 451 g/mol. The standard InChI is InChI=1S/C26H36F2O4/c1-3-23(27)25(29)31-21-13-9-19(10-14-21)17-5-7-18(8-6-17)20-11-15-22(16-12-20)32-26(30)24(28)4-2/h5-8,19-24H,3-4,9-16H2,1-2H3/t19?,20?,21?,22?,23-,24-/m1/s1. The lowest BCUT2D eigenvalue weighted by molar-refractivity contribution is -0.157. The summed E-state index contributed by atoms with van der Waals surface area (Å²) in [6.45, 7) is 3.28. The molecule has 2 atom stereocenters. The minimum Gasteiger partial charge on any atom is -0.460 e. The maximum Gasteiger partial charge on any atom is 0.340 e. The van der Waals surface area contributed by atoms with E-state index in [2.05, 4.69) is 24.3 Å². The van der Waals surface area contributed by atoms with Gasteiger partial charge in [0.05, 0.1) is 0 Å². The highest BCUT2D eigenvalue weighted by molar-refractivity contribution is 5.75. The molecule has 3 rings (SSSR count). The smallest absolute Gasteiger partial charge is 0.340 e. The number of carbonyl (C=O) groups excluding carboxylic acids is 2. The Kier molecular flexibility index (Phi) is 9.06. The van der Waals surface area contributed by atoms with Gasteiger partial charge in [0.15, 0.2) is 12.3 Å². The van der Waals surface area contributed by atoms with Crippen LogP contribution < -0.4 is 0 Å². The van der Waals surface area contributed by atoms with E-state index >= 15 is 0 Å². The molecule has 1 aromatic rings. The van der Waals surface area contributed by atoms with Crippen LogP contribution in [0.3, 0.4) is 0 Å². The number of esters is 2. The first-order chi connectivity index (χ1) is 15.4. The van der Waals surface area contributed by atoms with Crippen molar-refractivity contribution < 1.29 is 27.8 Å². The lowest BCUT2D eigenvalue weighted by atomic mass is 9.80. The summed E-state index contributed by atoms with van der Waals surface area (Å²) in [6, 6.07) is 8.79. The maximum atomic E-state index is 13.4. The number of rotatable bonds is 8. The van der Waals surface area contributed by atoms with E-state index in [-0.39, 0.29) is 25.0 Å². The number of carbonyl (C=O) groups is 2. The van der Waals surface area contributed by atoms with Crippen molar-refractivity contribution >= 4 is 11.9 Å². The Hall–Kier alpha value is -1.98. The summed E-state index contributed by atoms with van der Waals surface area (Å²) in [5.41, 5.74) is 2.60. The Morgan fingerprint density at radius 2 is 1.03 bits per heavy atom. The van der Waals surface area contributed by atoms with Gasteiger partial charge in [-0.05, 0) is 87.2 Å². The number of hydrogen-bond donors (Lipinski definition) is 0. The van der Waals surface area contributed by atoms with Crippen molar-refractivity contribution in [3.05, 3.63) is 35.4 Å².